The Morgan fingerprint density at radius 1 is 1.40 bits per heavy atom. The summed E-state index contributed by atoms with van der Waals surface area (Å²) in [6, 6.07) is 10.2. The Kier molecular flexibility index (Phi) is 4.23. The number of anilines is 1. The van der Waals surface area contributed by atoms with Gasteiger partial charge in [0, 0.05) is 26.0 Å². The number of pyridine rings is 1. The van der Waals surface area contributed by atoms with Crippen LogP contribution >= 0.6 is 0 Å². The number of para-hydroxylation sites is 1. The van der Waals surface area contributed by atoms with Crippen molar-refractivity contribution in [3.8, 4) is 0 Å². The fourth-order valence-corrected chi connectivity index (χ4v) is 2.42. The number of aromatic nitrogens is 1. The maximum absolute atomic E-state index is 11.6. The molecule has 0 saturated heterocycles. The predicted octanol–water partition coefficient (Wildman–Crippen LogP) is 2.36. The Hall–Kier alpha value is -2.10. The lowest BCUT2D eigenvalue weighted by Crippen LogP contribution is -2.34. The number of aryl methyl sites for hydroxylation is 1. The van der Waals surface area contributed by atoms with Gasteiger partial charge in [0.1, 0.15) is 5.82 Å². The molecule has 0 spiro atoms. The van der Waals surface area contributed by atoms with E-state index >= 15 is 0 Å². The average molecular weight is 271 g/mol. The molecule has 4 heteroatoms. The molecule has 0 saturated carbocycles. The van der Waals surface area contributed by atoms with Crippen LogP contribution in [0, 0.1) is 12.8 Å². The van der Waals surface area contributed by atoms with E-state index in [0.717, 1.165) is 22.3 Å². The van der Waals surface area contributed by atoms with Gasteiger partial charge >= 0.3 is 0 Å². The lowest BCUT2D eigenvalue weighted by Gasteiger charge is -2.23. The second-order valence-corrected chi connectivity index (χ2v) is 5.22. The van der Waals surface area contributed by atoms with Crippen LogP contribution in [0.15, 0.2) is 30.3 Å². The molecule has 2 rings (SSSR count). The predicted molar refractivity (Wildman–Crippen MR) is 83.0 cm³/mol. The fraction of sp³-hybridized carbons (Fsp3) is 0.375. The first-order valence-electron chi connectivity index (χ1n) is 6.82. The third-order valence-corrected chi connectivity index (χ3v) is 3.49. The summed E-state index contributed by atoms with van der Waals surface area (Å²) in [6.07, 6.45) is 0. The van der Waals surface area contributed by atoms with Gasteiger partial charge in [-0.05, 0) is 24.6 Å². The maximum atomic E-state index is 11.6. The highest BCUT2D eigenvalue weighted by Gasteiger charge is 2.16. The van der Waals surface area contributed by atoms with Gasteiger partial charge < -0.3 is 10.2 Å². The van der Waals surface area contributed by atoms with Crippen LogP contribution in [0.25, 0.3) is 10.9 Å². The van der Waals surface area contributed by atoms with Gasteiger partial charge in [-0.1, -0.05) is 25.1 Å². The number of rotatable bonds is 4. The van der Waals surface area contributed by atoms with E-state index in [-0.39, 0.29) is 11.8 Å². The first kappa shape index (κ1) is 14.3. The molecule has 0 aliphatic heterocycles. The SMILES string of the molecule is CNC(=O)[C@H](C)CN(C)c1nc2ccccc2cc1C. The Morgan fingerprint density at radius 3 is 2.80 bits per heavy atom. The fourth-order valence-electron chi connectivity index (χ4n) is 2.42. The average Bonchev–Trinajstić information content (AvgIpc) is 2.45. The number of hydrogen-bond donors (Lipinski definition) is 1. The Labute approximate surface area is 119 Å². The molecule has 4 nitrogen and oxygen atoms in total. The van der Waals surface area contributed by atoms with Crippen molar-refractivity contribution in [3.05, 3.63) is 35.9 Å². The van der Waals surface area contributed by atoms with E-state index in [4.69, 9.17) is 4.98 Å². The molecule has 1 amide bonds. The minimum Gasteiger partial charge on any atom is -0.359 e. The standard InChI is InChI=1S/C16H21N3O/c1-11-9-13-7-5-6-8-14(13)18-15(11)19(4)10-12(2)16(20)17-3/h5-9,12H,10H2,1-4H3,(H,17,20)/t12-/m1/s1. The summed E-state index contributed by atoms with van der Waals surface area (Å²) < 4.78 is 0. The molecule has 0 aliphatic carbocycles. The van der Waals surface area contributed by atoms with Crippen LogP contribution in [0.5, 0.6) is 0 Å². The minimum absolute atomic E-state index is 0.0512. The van der Waals surface area contributed by atoms with E-state index in [0.29, 0.717) is 6.54 Å². The highest BCUT2D eigenvalue weighted by atomic mass is 16.1. The smallest absolute Gasteiger partial charge is 0.224 e. The molecule has 1 heterocycles. The van der Waals surface area contributed by atoms with Gasteiger partial charge in [-0.3, -0.25) is 4.79 Å². The number of carbonyl (C=O) groups is 1. The monoisotopic (exact) mass is 271 g/mol. The molecule has 20 heavy (non-hydrogen) atoms. The van der Waals surface area contributed by atoms with Gasteiger partial charge in [0.2, 0.25) is 5.91 Å². The van der Waals surface area contributed by atoms with Crippen molar-refractivity contribution >= 4 is 22.6 Å². The number of nitrogens with one attached hydrogen (secondary N) is 1. The van der Waals surface area contributed by atoms with E-state index in [2.05, 4.69) is 24.4 Å². The normalized spacial score (nSPS) is 12.2. The van der Waals surface area contributed by atoms with Gasteiger partial charge in [-0.2, -0.15) is 0 Å². The van der Waals surface area contributed by atoms with Gasteiger partial charge in [0.25, 0.3) is 0 Å². The van der Waals surface area contributed by atoms with Crippen molar-refractivity contribution in [1.82, 2.24) is 10.3 Å². The van der Waals surface area contributed by atoms with E-state index < -0.39 is 0 Å². The number of amides is 1. The molecule has 1 N–H and O–H groups in total. The molecule has 1 atom stereocenters. The largest absolute Gasteiger partial charge is 0.359 e. The number of carbonyl (C=O) groups excluding carboxylic acids is 1. The van der Waals surface area contributed by atoms with E-state index in [1.165, 1.54) is 0 Å². The topological polar surface area (TPSA) is 45.2 Å². The van der Waals surface area contributed by atoms with Crippen molar-refractivity contribution in [3.63, 3.8) is 0 Å². The Bertz CT molecular complexity index is 624. The molecule has 0 bridgehead atoms. The van der Waals surface area contributed by atoms with Crippen LogP contribution < -0.4 is 10.2 Å². The molecule has 106 valence electrons. The number of nitrogens with zero attached hydrogens (tertiary/aromatic N) is 2. The number of hydrogen-bond acceptors (Lipinski definition) is 3. The summed E-state index contributed by atoms with van der Waals surface area (Å²) in [6.45, 7) is 4.62. The first-order valence-corrected chi connectivity index (χ1v) is 6.82. The zero-order chi connectivity index (χ0) is 14.7. The minimum atomic E-state index is -0.0716. The van der Waals surface area contributed by atoms with E-state index in [1.807, 2.05) is 37.1 Å². The third-order valence-electron chi connectivity index (χ3n) is 3.49. The zero-order valence-corrected chi connectivity index (χ0v) is 12.5. The van der Waals surface area contributed by atoms with Crippen LogP contribution in [0.1, 0.15) is 12.5 Å². The van der Waals surface area contributed by atoms with E-state index in [1.54, 1.807) is 7.05 Å². The number of fused-ring (bicyclic) bond motifs is 1. The molecule has 2 aromatic rings. The van der Waals surface area contributed by atoms with Gasteiger partial charge in [-0.15, -0.1) is 0 Å². The summed E-state index contributed by atoms with van der Waals surface area (Å²) in [4.78, 5) is 18.4. The van der Waals surface area contributed by atoms with Crippen molar-refractivity contribution in [2.24, 2.45) is 5.92 Å². The van der Waals surface area contributed by atoms with Gasteiger partial charge in [0.05, 0.1) is 11.4 Å². The quantitative estimate of drug-likeness (QED) is 0.928. The molecule has 0 unspecified atom stereocenters. The van der Waals surface area contributed by atoms with Crippen LogP contribution in [-0.2, 0) is 4.79 Å². The summed E-state index contributed by atoms with van der Waals surface area (Å²) in [5, 5.41) is 3.82. The Balaban J connectivity index is 2.27. The van der Waals surface area contributed by atoms with Gasteiger partial charge in [-0.25, -0.2) is 4.98 Å². The molecule has 1 aromatic carbocycles. The second-order valence-electron chi connectivity index (χ2n) is 5.22. The molecule has 0 aliphatic rings. The molecule has 1 aromatic heterocycles. The lowest BCUT2D eigenvalue weighted by atomic mass is 10.1. The van der Waals surface area contributed by atoms with Crippen LogP contribution in [0.2, 0.25) is 0 Å². The van der Waals surface area contributed by atoms with Gasteiger partial charge in [0.15, 0.2) is 0 Å². The van der Waals surface area contributed by atoms with Crippen LogP contribution in [0.3, 0.4) is 0 Å². The van der Waals surface area contributed by atoms with Crippen LogP contribution in [-0.4, -0.2) is 31.5 Å². The maximum Gasteiger partial charge on any atom is 0.224 e. The summed E-state index contributed by atoms with van der Waals surface area (Å²) in [7, 11) is 3.64. The highest BCUT2D eigenvalue weighted by molar-refractivity contribution is 5.82. The molecular formula is C16H21N3O. The second kappa shape index (κ2) is 5.90. The zero-order valence-electron chi connectivity index (χ0n) is 12.5. The third kappa shape index (κ3) is 2.90. The van der Waals surface area contributed by atoms with E-state index in [9.17, 15) is 4.79 Å². The van der Waals surface area contributed by atoms with Crippen molar-refractivity contribution in [1.29, 1.82) is 0 Å². The van der Waals surface area contributed by atoms with Crippen LogP contribution in [0.4, 0.5) is 5.82 Å². The van der Waals surface area contributed by atoms with Crippen molar-refractivity contribution < 1.29 is 4.79 Å². The first-order chi connectivity index (χ1) is 9.52. The lowest BCUT2D eigenvalue weighted by molar-refractivity contribution is -0.123. The molecular weight excluding hydrogens is 250 g/mol. The summed E-state index contributed by atoms with van der Waals surface area (Å²) >= 11 is 0. The summed E-state index contributed by atoms with van der Waals surface area (Å²) in [5.41, 5.74) is 2.10. The molecule has 0 fully saturated rings. The molecule has 0 radical (unpaired) electrons. The highest BCUT2D eigenvalue weighted by Crippen LogP contribution is 2.22. The van der Waals surface area contributed by atoms with Crippen molar-refractivity contribution in [2.75, 3.05) is 25.5 Å². The number of benzene rings is 1. The van der Waals surface area contributed by atoms with Crippen molar-refractivity contribution in [2.45, 2.75) is 13.8 Å². The summed E-state index contributed by atoms with van der Waals surface area (Å²) in [5.74, 6) is 0.910. The Morgan fingerprint density at radius 2 is 2.10 bits per heavy atom.